The molecule has 0 aromatic rings. The van der Waals surface area contributed by atoms with Gasteiger partial charge in [-0.05, 0) is 24.7 Å². The van der Waals surface area contributed by atoms with E-state index in [1.54, 1.807) is 0 Å². The fourth-order valence-electron chi connectivity index (χ4n) is 2.57. The van der Waals surface area contributed by atoms with E-state index in [0.717, 1.165) is 12.8 Å². The molecule has 4 nitrogen and oxygen atoms in total. The molecule has 0 aromatic carbocycles. The highest BCUT2D eigenvalue weighted by Crippen LogP contribution is 2.36. The Labute approximate surface area is 121 Å². The smallest absolute Gasteiger partial charge is 0.168 e. The topological polar surface area (TPSA) is 69.9 Å². The molecule has 0 spiro atoms. The van der Waals surface area contributed by atoms with E-state index in [4.69, 9.17) is 0 Å². The average Bonchev–Trinajstić information content (AvgIpc) is 2.34. The highest BCUT2D eigenvalue weighted by Gasteiger charge is 2.36. The third kappa shape index (κ3) is 4.17. The standard InChI is InChI=1S/C16H27NO3/c1-5-7-13(19)15-12(17-11(6-2)10-18)8-16(3,4)9-14(15)20/h11,18-19H,5-10H2,1-4H3/t11-/m1/s1. The van der Waals surface area contributed by atoms with Crippen molar-refractivity contribution < 1.29 is 15.0 Å². The summed E-state index contributed by atoms with van der Waals surface area (Å²) in [5.74, 6) is 0.123. The summed E-state index contributed by atoms with van der Waals surface area (Å²) in [6.07, 6.45) is 3.10. The number of rotatable bonds is 5. The largest absolute Gasteiger partial charge is 0.511 e. The summed E-state index contributed by atoms with van der Waals surface area (Å²) in [5.41, 5.74) is 0.927. The lowest BCUT2D eigenvalue weighted by atomic mass is 9.73. The van der Waals surface area contributed by atoms with Crippen molar-refractivity contribution in [3.05, 3.63) is 11.3 Å². The number of allylic oxidation sites excluding steroid dienone is 2. The van der Waals surface area contributed by atoms with Gasteiger partial charge < -0.3 is 10.2 Å². The lowest BCUT2D eigenvalue weighted by Crippen LogP contribution is -2.33. The Kier molecular flexibility index (Phi) is 5.93. The molecule has 1 saturated carbocycles. The number of hydrogen-bond donors (Lipinski definition) is 2. The van der Waals surface area contributed by atoms with Gasteiger partial charge in [-0.15, -0.1) is 0 Å². The SMILES string of the molecule is CCCC(O)=C1C(=O)CC(C)(C)CC1=N[C@H](CC)CO. The van der Waals surface area contributed by atoms with Gasteiger partial charge in [0.15, 0.2) is 5.78 Å². The zero-order valence-corrected chi connectivity index (χ0v) is 13.1. The van der Waals surface area contributed by atoms with Crippen LogP contribution in [-0.4, -0.2) is 34.4 Å². The Morgan fingerprint density at radius 3 is 2.50 bits per heavy atom. The second kappa shape index (κ2) is 7.02. The highest BCUT2D eigenvalue weighted by molar-refractivity contribution is 6.24. The van der Waals surface area contributed by atoms with Crippen molar-refractivity contribution in [3.8, 4) is 0 Å². The number of carbonyl (C=O) groups excluding carboxylic acids is 1. The first kappa shape index (κ1) is 16.9. The number of ketones is 1. The van der Waals surface area contributed by atoms with Gasteiger partial charge in [-0.25, -0.2) is 0 Å². The summed E-state index contributed by atoms with van der Waals surface area (Å²) in [5, 5.41) is 19.5. The van der Waals surface area contributed by atoms with E-state index >= 15 is 0 Å². The van der Waals surface area contributed by atoms with Crippen molar-refractivity contribution in [2.45, 2.75) is 65.8 Å². The van der Waals surface area contributed by atoms with Gasteiger partial charge in [0.25, 0.3) is 0 Å². The van der Waals surface area contributed by atoms with Crippen molar-refractivity contribution in [2.24, 2.45) is 10.4 Å². The van der Waals surface area contributed by atoms with E-state index in [1.807, 2.05) is 27.7 Å². The molecule has 1 atom stereocenters. The first-order chi connectivity index (χ1) is 9.34. The molecule has 0 aliphatic heterocycles. The van der Waals surface area contributed by atoms with Crippen LogP contribution in [-0.2, 0) is 4.79 Å². The summed E-state index contributed by atoms with van der Waals surface area (Å²) >= 11 is 0. The molecule has 0 radical (unpaired) electrons. The molecule has 0 unspecified atom stereocenters. The molecule has 1 aliphatic rings. The monoisotopic (exact) mass is 281 g/mol. The summed E-state index contributed by atoms with van der Waals surface area (Å²) in [4.78, 5) is 16.9. The molecule has 20 heavy (non-hydrogen) atoms. The highest BCUT2D eigenvalue weighted by atomic mass is 16.3. The molecule has 0 bridgehead atoms. The minimum absolute atomic E-state index is 0.0289. The molecule has 0 aromatic heterocycles. The van der Waals surface area contributed by atoms with Gasteiger partial charge in [0.2, 0.25) is 0 Å². The molecule has 0 amide bonds. The van der Waals surface area contributed by atoms with Gasteiger partial charge in [0.05, 0.1) is 18.2 Å². The first-order valence-corrected chi connectivity index (χ1v) is 7.47. The van der Waals surface area contributed by atoms with Crippen LogP contribution >= 0.6 is 0 Å². The lowest BCUT2D eigenvalue weighted by Gasteiger charge is -2.32. The first-order valence-electron chi connectivity index (χ1n) is 7.47. The third-order valence-corrected chi connectivity index (χ3v) is 3.65. The van der Waals surface area contributed by atoms with E-state index < -0.39 is 0 Å². The quantitative estimate of drug-likeness (QED) is 0.600. The second-order valence-electron chi connectivity index (χ2n) is 6.33. The summed E-state index contributed by atoms with van der Waals surface area (Å²) in [6, 6.07) is -0.198. The maximum atomic E-state index is 12.3. The van der Waals surface area contributed by atoms with Gasteiger partial charge in [-0.3, -0.25) is 9.79 Å². The Bertz CT molecular complexity index is 417. The van der Waals surface area contributed by atoms with E-state index in [9.17, 15) is 15.0 Å². The van der Waals surface area contributed by atoms with Gasteiger partial charge in [-0.2, -0.15) is 0 Å². The number of aliphatic imine (C=N–C) groups is 1. The van der Waals surface area contributed by atoms with Gasteiger partial charge in [0.1, 0.15) is 5.76 Å². The zero-order valence-electron chi connectivity index (χ0n) is 13.1. The summed E-state index contributed by atoms with van der Waals surface area (Å²) in [6.45, 7) is 7.96. The third-order valence-electron chi connectivity index (χ3n) is 3.65. The fourth-order valence-corrected chi connectivity index (χ4v) is 2.57. The number of carbonyl (C=O) groups is 1. The molecule has 114 valence electrons. The average molecular weight is 281 g/mol. The van der Waals surface area contributed by atoms with Crippen LogP contribution < -0.4 is 0 Å². The van der Waals surface area contributed by atoms with E-state index in [1.165, 1.54) is 0 Å². The van der Waals surface area contributed by atoms with Crippen LogP contribution in [0.15, 0.2) is 16.3 Å². The Morgan fingerprint density at radius 1 is 1.35 bits per heavy atom. The number of hydrogen-bond acceptors (Lipinski definition) is 4. The van der Waals surface area contributed by atoms with E-state index in [2.05, 4.69) is 4.99 Å². The number of aliphatic hydroxyl groups is 2. The molecule has 1 aliphatic carbocycles. The molecular formula is C16H27NO3. The van der Waals surface area contributed by atoms with Crippen LogP contribution in [0.3, 0.4) is 0 Å². The molecule has 0 heterocycles. The molecule has 1 fully saturated rings. The minimum atomic E-state index is -0.198. The molecule has 4 heteroatoms. The van der Waals surface area contributed by atoms with Crippen molar-refractivity contribution in [1.29, 1.82) is 0 Å². The molecule has 1 rings (SSSR count). The van der Waals surface area contributed by atoms with E-state index in [-0.39, 0.29) is 29.6 Å². The number of Topliss-reactive ketones (excluding diaryl/α,β-unsaturated/α-hetero) is 1. The minimum Gasteiger partial charge on any atom is -0.511 e. The normalized spacial score (nSPS) is 24.9. The van der Waals surface area contributed by atoms with Gasteiger partial charge >= 0.3 is 0 Å². The number of nitrogens with zero attached hydrogens (tertiary/aromatic N) is 1. The van der Waals surface area contributed by atoms with Crippen LogP contribution in [0.5, 0.6) is 0 Å². The van der Waals surface area contributed by atoms with Crippen molar-refractivity contribution in [2.75, 3.05) is 6.61 Å². The Balaban J connectivity index is 3.23. The van der Waals surface area contributed by atoms with Crippen LogP contribution in [0.4, 0.5) is 0 Å². The van der Waals surface area contributed by atoms with Crippen LogP contribution in [0.25, 0.3) is 0 Å². The van der Waals surface area contributed by atoms with Crippen molar-refractivity contribution >= 4 is 11.5 Å². The molecule has 2 N–H and O–H groups in total. The summed E-state index contributed by atoms with van der Waals surface area (Å²) < 4.78 is 0. The van der Waals surface area contributed by atoms with Crippen molar-refractivity contribution in [1.82, 2.24) is 0 Å². The van der Waals surface area contributed by atoms with Gasteiger partial charge in [-0.1, -0.05) is 27.7 Å². The van der Waals surface area contributed by atoms with Crippen LogP contribution in [0, 0.1) is 5.41 Å². The fraction of sp³-hybridized carbons (Fsp3) is 0.750. The summed E-state index contributed by atoms with van der Waals surface area (Å²) in [7, 11) is 0. The predicted octanol–water partition coefficient (Wildman–Crippen LogP) is 3.20. The zero-order chi connectivity index (χ0) is 15.3. The second-order valence-corrected chi connectivity index (χ2v) is 6.33. The van der Waals surface area contributed by atoms with Crippen LogP contribution in [0.1, 0.15) is 59.8 Å². The Hall–Kier alpha value is -1.16. The number of aliphatic hydroxyl groups excluding tert-OH is 2. The van der Waals surface area contributed by atoms with Crippen LogP contribution in [0.2, 0.25) is 0 Å². The molecular weight excluding hydrogens is 254 g/mol. The maximum absolute atomic E-state index is 12.3. The van der Waals surface area contributed by atoms with Gasteiger partial charge in [0, 0.05) is 18.6 Å². The lowest BCUT2D eigenvalue weighted by molar-refractivity contribution is -0.117. The predicted molar refractivity (Wildman–Crippen MR) is 81.2 cm³/mol. The van der Waals surface area contributed by atoms with Crippen molar-refractivity contribution in [3.63, 3.8) is 0 Å². The molecule has 0 saturated heterocycles. The maximum Gasteiger partial charge on any atom is 0.168 e. The Morgan fingerprint density at radius 2 is 2.00 bits per heavy atom. The van der Waals surface area contributed by atoms with E-state index in [0.29, 0.717) is 30.5 Å².